The Morgan fingerprint density at radius 1 is 1.43 bits per heavy atom. The van der Waals surface area contributed by atoms with E-state index in [1.807, 2.05) is 31.2 Å². The first-order valence-electron chi connectivity index (χ1n) is 4.74. The maximum absolute atomic E-state index is 8.90. The van der Waals surface area contributed by atoms with Crippen LogP contribution in [0.4, 0.5) is 0 Å². The molecule has 1 saturated heterocycles. The van der Waals surface area contributed by atoms with Crippen LogP contribution in [0.1, 0.15) is 17.4 Å². The number of aliphatic hydroxyl groups excluding tert-OH is 1. The SMILES string of the molecule is Cc1ccccc1[C@@H]1OC[C@@H](CO)O1. The first-order valence-corrected chi connectivity index (χ1v) is 4.74. The van der Waals surface area contributed by atoms with Crippen LogP contribution in [0.3, 0.4) is 0 Å². The van der Waals surface area contributed by atoms with Crippen molar-refractivity contribution in [1.29, 1.82) is 0 Å². The number of aliphatic hydroxyl groups is 1. The van der Waals surface area contributed by atoms with Crippen molar-refractivity contribution in [3.63, 3.8) is 0 Å². The smallest absolute Gasteiger partial charge is 0.184 e. The summed E-state index contributed by atoms with van der Waals surface area (Å²) in [5, 5.41) is 8.90. The number of ether oxygens (including phenoxy) is 2. The summed E-state index contributed by atoms with van der Waals surface area (Å²) in [4.78, 5) is 0. The normalized spacial score (nSPS) is 26.7. The van der Waals surface area contributed by atoms with E-state index in [0.717, 1.165) is 11.1 Å². The van der Waals surface area contributed by atoms with Gasteiger partial charge in [-0.15, -0.1) is 0 Å². The average Bonchev–Trinajstić information content (AvgIpc) is 2.67. The van der Waals surface area contributed by atoms with Crippen molar-refractivity contribution < 1.29 is 14.6 Å². The van der Waals surface area contributed by atoms with Crippen LogP contribution in [0, 0.1) is 6.92 Å². The Labute approximate surface area is 83.3 Å². The zero-order valence-electron chi connectivity index (χ0n) is 8.14. The molecule has 0 radical (unpaired) electrons. The molecular weight excluding hydrogens is 180 g/mol. The molecule has 1 aromatic carbocycles. The molecule has 1 N–H and O–H groups in total. The Balaban J connectivity index is 2.13. The maximum Gasteiger partial charge on any atom is 0.184 e. The standard InChI is InChI=1S/C11H14O3/c1-8-4-2-3-5-10(8)11-13-7-9(6-12)14-11/h2-5,9,11-12H,6-7H2,1H3/t9-,11-/m1/s1. The third kappa shape index (κ3) is 1.80. The van der Waals surface area contributed by atoms with Crippen molar-refractivity contribution in [3.8, 4) is 0 Å². The van der Waals surface area contributed by atoms with E-state index in [9.17, 15) is 0 Å². The third-order valence-electron chi connectivity index (χ3n) is 2.40. The highest BCUT2D eigenvalue weighted by molar-refractivity contribution is 5.26. The van der Waals surface area contributed by atoms with Gasteiger partial charge < -0.3 is 14.6 Å². The molecule has 76 valence electrons. The van der Waals surface area contributed by atoms with Crippen LogP contribution in [0.5, 0.6) is 0 Å². The van der Waals surface area contributed by atoms with Crippen LogP contribution in [-0.2, 0) is 9.47 Å². The highest BCUT2D eigenvalue weighted by Crippen LogP contribution is 2.28. The number of benzene rings is 1. The summed E-state index contributed by atoms with van der Waals surface area (Å²) in [5.74, 6) is 0. The molecule has 1 aliphatic heterocycles. The van der Waals surface area contributed by atoms with E-state index in [2.05, 4.69) is 0 Å². The van der Waals surface area contributed by atoms with E-state index in [1.165, 1.54) is 0 Å². The molecule has 2 atom stereocenters. The number of aryl methyl sites for hydroxylation is 1. The van der Waals surface area contributed by atoms with Gasteiger partial charge in [-0.25, -0.2) is 0 Å². The molecule has 0 bridgehead atoms. The molecule has 1 fully saturated rings. The van der Waals surface area contributed by atoms with Crippen molar-refractivity contribution in [3.05, 3.63) is 35.4 Å². The van der Waals surface area contributed by atoms with Gasteiger partial charge in [-0.2, -0.15) is 0 Å². The van der Waals surface area contributed by atoms with Crippen molar-refractivity contribution >= 4 is 0 Å². The van der Waals surface area contributed by atoms with E-state index in [-0.39, 0.29) is 19.0 Å². The lowest BCUT2D eigenvalue weighted by Crippen LogP contribution is -2.14. The van der Waals surface area contributed by atoms with Gasteiger partial charge in [-0.1, -0.05) is 24.3 Å². The van der Waals surface area contributed by atoms with Crippen LogP contribution in [-0.4, -0.2) is 24.4 Å². The van der Waals surface area contributed by atoms with Crippen molar-refractivity contribution in [2.24, 2.45) is 0 Å². The van der Waals surface area contributed by atoms with Crippen molar-refractivity contribution in [1.82, 2.24) is 0 Å². The first-order chi connectivity index (χ1) is 6.81. The van der Waals surface area contributed by atoms with Gasteiger partial charge in [0.25, 0.3) is 0 Å². The number of rotatable bonds is 2. The Bertz CT molecular complexity index is 311. The Morgan fingerprint density at radius 2 is 2.21 bits per heavy atom. The molecular formula is C11H14O3. The zero-order chi connectivity index (χ0) is 9.97. The molecule has 0 aliphatic carbocycles. The maximum atomic E-state index is 8.90. The molecule has 0 spiro atoms. The minimum atomic E-state index is -0.312. The largest absolute Gasteiger partial charge is 0.394 e. The molecule has 0 aromatic heterocycles. The summed E-state index contributed by atoms with van der Waals surface area (Å²) < 4.78 is 10.9. The van der Waals surface area contributed by atoms with Crippen LogP contribution in [0.2, 0.25) is 0 Å². The van der Waals surface area contributed by atoms with Gasteiger partial charge in [0.05, 0.1) is 13.2 Å². The highest BCUT2D eigenvalue weighted by Gasteiger charge is 2.27. The number of hydrogen-bond acceptors (Lipinski definition) is 3. The van der Waals surface area contributed by atoms with Crippen LogP contribution >= 0.6 is 0 Å². The highest BCUT2D eigenvalue weighted by atomic mass is 16.7. The molecule has 14 heavy (non-hydrogen) atoms. The van der Waals surface area contributed by atoms with Gasteiger partial charge in [-0.3, -0.25) is 0 Å². The van der Waals surface area contributed by atoms with Gasteiger partial charge in [-0.05, 0) is 12.5 Å². The predicted molar refractivity (Wildman–Crippen MR) is 51.8 cm³/mol. The van der Waals surface area contributed by atoms with E-state index in [0.29, 0.717) is 6.61 Å². The summed E-state index contributed by atoms with van der Waals surface area (Å²) >= 11 is 0. The lowest BCUT2D eigenvalue weighted by molar-refractivity contribution is -0.0679. The van der Waals surface area contributed by atoms with Gasteiger partial charge in [0, 0.05) is 5.56 Å². The van der Waals surface area contributed by atoms with Crippen LogP contribution in [0.15, 0.2) is 24.3 Å². The van der Waals surface area contributed by atoms with Gasteiger partial charge >= 0.3 is 0 Å². The van der Waals surface area contributed by atoms with Crippen LogP contribution < -0.4 is 0 Å². The molecule has 1 aliphatic rings. The molecule has 2 rings (SSSR count). The Morgan fingerprint density at radius 3 is 2.86 bits per heavy atom. The third-order valence-corrected chi connectivity index (χ3v) is 2.40. The second kappa shape index (κ2) is 4.09. The predicted octanol–water partition coefficient (Wildman–Crippen LogP) is 1.40. The average molecular weight is 194 g/mol. The minimum absolute atomic E-state index is 0.0163. The molecule has 3 nitrogen and oxygen atoms in total. The van der Waals surface area contributed by atoms with Gasteiger partial charge in [0.2, 0.25) is 0 Å². The fourth-order valence-electron chi connectivity index (χ4n) is 1.56. The van der Waals surface area contributed by atoms with Crippen molar-refractivity contribution in [2.45, 2.75) is 19.3 Å². The van der Waals surface area contributed by atoms with Crippen LogP contribution in [0.25, 0.3) is 0 Å². The second-order valence-electron chi connectivity index (χ2n) is 3.46. The molecule has 3 heteroatoms. The molecule has 0 unspecified atom stereocenters. The van der Waals surface area contributed by atoms with Gasteiger partial charge in [0.1, 0.15) is 6.10 Å². The topological polar surface area (TPSA) is 38.7 Å². The quantitative estimate of drug-likeness (QED) is 0.773. The van der Waals surface area contributed by atoms with E-state index < -0.39 is 0 Å². The fraction of sp³-hybridized carbons (Fsp3) is 0.455. The lowest BCUT2D eigenvalue weighted by Gasteiger charge is -2.12. The Kier molecular flexibility index (Phi) is 2.82. The molecule has 1 heterocycles. The minimum Gasteiger partial charge on any atom is -0.394 e. The molecule has 0 saturated carbocycles. The second-order valence-corrected chi connectivity index (χ2v) is 3.46. The summed E-state index contributed by atoms with van der Waals surface area (Å²) in [6.07, 6.45) is -0.493. The molecule has 1 aromatic rings. The fourth-order valence-corrected chi connectivity index (χ4v) is 1.56. The molecule has 0 amide bonds. The zero-order valence-corrected chi connectivity index (χ0v) is 8.14. The van der Waals surface area contributed by atoms with E-state index >= 15 is 0 Å². The number of hydrogen-bond donors (Lipinski definition) is 1. The first kappa shape index (κ1) is 9.65. The summed E-state index contributed by atoms with van der Waals surface area (Å²) in [6, 6.07) is 7.95. The van der Waals surface area contributed by atoms with E-state index in [1.54, 1.807) is 0 Å². The van der Waals surface area contributed by atoms with Crippen molar-refractivity contribution in [2.75, 3.05) is 13.2 Å². The summed E-state index contributed by atoms with van der Waals surface area (Å²) in [6.45, 7) is 2.51. The monoisotopic (exact) mass is 194 g/mol. The summed E-state index contributed by atoms with van der Waals surface area (Å²) in [5.41, 5.74) is 2.19. The lowest BCUT2D eigenvalue weighted by atomic mass is 10.1. The van der Waals surface area contributed by atoms with Gasteiger partial charge in [0.15, 0.2) is 6.29 Å². The summed E-state index contributed by atoms with van der Waals surface area (Å²) in [7, 11) is 0. The van der Waals surface area contributed by atoms with E-state index in [4.69, 9.17) is 14.6 Å². The Hall–Kier alpha value is -0.900.